The number of pyridine rings is 1. The van der Waals surface area contributed by atoms with Crippen molar-refractivity contribution in [3.05, 3.63) is 36.3 Å². The smallest absolute Gasteiger partial charge is 0.273 e. The van der Waals surface area contributed by atoms with Crippen LogP contribution in [0.4, 0.5) is 5.82 Å². The van der Waals surface area contributed by atoms with Crippen molar-refractivity contribution in [3.8, 4) is 0 Å². The molecule has 1 fully saturated rings. The van der Waals surface area contributed by atoms with Gasteiger partial charge in [0.25, 0.3) is 5.91 Å². The van der Waals surface area contributed by atoms with Crippen LogP contribution in [0, 0.1) is 0 Å². The number of carbonyl (C=O) groups is 1. The highest BCUT2D eigenvalue weighted by molar-refractivity contribution is 5.91. The minimum absolute atomic E-state index is 0.162. The number of carbonyl (C=O) groups excluding carboxylic acids is 1. The average molecular weight is 286 g/mol. The van der Waals surface area contributed by atoms with Crippen molar-refractivity contribution in [1.29, 1.82) is 0 Å². The maximum absolute atomic E-state index is 11.9. The normalized spacial score (nSPS) is 21.7. The highest BCUT2D eigenvalue weighted by Crippen LogP contribution is 2.21. The Labute approximate surface area is 122 Å². The zero-order valence-electron chi connectivity index (χ0n) is 11.6. The van der Waals surface area contributed by atoms with E-state index in [4.69, 9.17) is 0 Å². The Morgan fingerprint density at radius 1 is 1.19 bits per heavy atom. The van der Waals surface area contributed by atoms with Crippen molar-refractivity contribution < 1.29 is 4.79 Å². The van der Waals surface area contributed by atoms with Crippen LogP contribution in [0.25, 0.3) is 0 Å². The van der Waals surface area contributed by atoms with Crippen LogP contribution in [0.3, 0.4) is 0 Å². The minimum Gasteiger partial charge on any atom is -0.367 e. The van der Waals surface area contributed by atoms with E-state index >= 15 is 0 Å². The summed E-state index contributed by atoms with van der Waals surface area (Å²) >= 11 is 0. The number of aromatic amines is 1. The van der Waals surface area contributed by atoms with Gasteiger partial charge in [-0.2, -0.15) is 15.4 Å². The molecule has 0 aromatic carbocycles. The first-order valence-electron chi connectivity index (χ1n) is 7.15. The highest BCUT2D eigenvalue weighted by atomic mass is 16.2. The molecule has 1 aliphatic rings. The molecule has 0 atom stereocenters. The van der Waals surface area contributed by atoms with Crippen molar-refractivity contribution in [1.82, 2.24) is 25.7 Å². The van der Waals surface area contributed by atoms with E-state index in [0.717, 1.165) is 31.5 Å². The number of amides is 1. The van der Waals surface area contributed by atoms with Crippen LogP contribution in [0.2, 0.25) is 0 Å². The Hall–Kier alpha value is -2.44. The fourth-order valence-electron chi connectivity index (χ4n) is 2.61. The number of aromatic nitrogens is 4. The fourth-order valence-corrected chi connectivity index (χ4v) is 2.61. The van der Waals surface area contributed by atoms with E-state index in [1.165, 1.54) is 6.20 Å². The highest BCUT2D eigenvalue weighted by Gasteiger charge is 2.23. The zero-order valence-corrected chi connectivity index (χ0v) is 11.6. The largest absolute Gasteiger partial charge is 0.367 e. The summed E-state index contributed by atoms with van der Waals surface area (Å²) in [5.41, 5.74) is 0.337. The number of nitrogens with zero attached hydrogens (tertiary/aromatic N) is 3. The summed E-state index contributed by atoms with van der Waals surface area (Å²) in [6.45, 7) is 0. The van der Waals surface area contributed by atoms with Gasteiger partial charge in [0, 0.05) is 18.3 Å². The summed E-state index contributed by atoms with van der Waals surface area (Å²) < 4.78 is 0. The minimum atomic E-state index is -0.162. The Balaban J connectivity index is 1.46. The number of nitrogens with one attached hydrogen (secondary N) is 3. The summed E-state index contributed by atoms with van der Waals surface area (Å²) in [7, 11) is 0. The molecule has 0 spiro atoms. The van der Waals surface area contributed by atoms with Crippen LogP contribution in [-0.4, -0.2) is 38.4 Å². The molecule has 0 bridgehead atoms. The maximum atomic E-state index is 11.9. The third-order valence-electron chi connectivity index (χ3n) is 3.73. The van der Waals surface area contributed by atoms with Gasteiger partial charge in [0.1, 0.15) is 5.82 Å². The first-order valence-corrected chi connectivity index (χ1v) is 7.15. The molecule has 0 saturated heterocycles. The van der Waals surface area contributed by atoms with Crippen molar-refractivity contribution >= 4 is 11.7 Å². The first kappa shape index (κ1) is 13.5. The van der Waals surface area contributed by atoms with Gasteiger partial charge in [-0.3, -0.25) is 4.79 Å². The molecule has 3 rings (SSSR count). The van der Waals surface area contributed by atoms with E-state index < -0.39 is 0 Å². The molecule has 1 amide bonds. The fraction of sp³-hybridized carbons (Fsp3) is 0.429. The number of anilines is 1. The molecule has 1 aliphatic carbocycles. The molecule has 0 unspecified atom stereocenters. The molecule has 3 N–H and O–H groups in total. The topological polar surface area (TPSA) is 95.6 Å². The second kappa shape index (κ2) is 6.34. The SMILES string of the molecule is O=C(NC1CCC(Nc2ccccn2)CC1)c1cn[nH]n1. The van der Waals surface area contributed by atoms with E-state index in [-0.39, 0.29) is 11.9 Å². The van der Waals surface area contributed by atoms with Gasteiger partial charge in [-0.1, -0.05) is 6.07 Å². The lowest BCUT2D eigenvalue weighted by Gasteiger charge is -2.29. The summed E-state index contributed by atoms with van der Waals surface area (Å²) in [5, 5.41) is 16.3. The molecular formula is C14H18N6O. The molecule has 110 valence electrons. The molecular weight excluding hydrogens is 268 g/mol. The maximum Gasteiger partial charge on any atom is 0.273 e. The number of hydrogen-bond acceptors (Lipinski definition) is 5. The number of H-pyrrole nitrogens is 1. The molecule has 2 heterocycles. The van der Waals surface area contributed by atoms with Crippen LogP contribution in [0.1, 0.15) is 36.2 Å². The van der Waals surface area contributed by atoms with Gasteiger partial charge >= 0.3 is 0 Å². The quantitative estimate of drug-likeness (QED) is 0.788. The van der Waals surface area contributed by atoms with Crippen molar-refractivity contribution in [2.24, 2.45) is 0 Å². The summed E-state index contributed by atoms with van der Waals surface area (Å²) in [5.74, 6) is 0.748. The molecule has 2 aromatic rings. The van der Waals surface area contributed by atoms with E-state index in [1.807, 2.05) is 18.2 Å². The molecule has 21 heavy (non-hydrogen) atoms. The molecule has 1 saturated carbocycles. The predicted octanol–water partition coefficient (Wildman–Crippen LogP) is 1.35. The van der Waals surface area contributed by atoms with Gasteiger partial charge in [-0.05, 0) is 37.8 Å². The van der Waals surface area contributed by atoms with E-state index in [1.54, 1.807) is 6.20 Å². The Kier molecular flexibility index (Phi) is 4.09. The van der Waals surface area contributed by atoms with Gasteiger partial charge in [-0.15, -0.1) is 0 Å². The Bertz CT molecular complexity index is 562. The lowest BCUT2D eigenvalue weighted by atomic mass is 9.91. The van der Waals surface area contributed by atoms with Crippen LogP contribution in [0.15, 0.2) is 30.6 Å². The molecule has 7 heteroatoms. The molecule has 0 aliphatic heterocycles. The third-order valence-corrected chi connectivity index (χ3v) is 3.73. The predicted molar refractivity (Wildman–Crippen MR) is 77.8 cm³/mol. The van der Waals surface area contributed by atoms with Crippen LogP contribution in [0.5, 0.6) is 0 Å². The molecule has 7 nitrogen and oxygen atoms in total. The van der Waals surface area contributed by atoms with E-state index in [0.29, 0.717) is 11.7 Å². The van der Waals surface area contributed by atoms with Crippen molar-refractivity contribution in [2.45, 2.75) is 37.8 Å². The first-order chi connectivity index (χ1) is 10.3. The van der Waals surface area contributed by atoms with E-state index in [2.05, 4.69) is 31.0 Å². The van der Waals surface area contributed by atoms with Gasteiger partial charge in [-0.25, -0.2) is 4.98 Å². The second-order valence-electron chi connectivity index (χ2n) is 5.24. The number of rotatable bonds is 4. The van der Waals surface area contributed by atoms with Crippen molar-refractivity contribution in [3.63, 3.8) is 0 Å². The monoisotopic (exact) mass is 286 g/mol. The summed E-state index contributed by atoms with van der Waals surface area (Å²) in [6.07, 6.45) is 7.15. The van der Waals surface area contributed by atoms with Gasteiger partial charge in [0.2, 0.25) is 0 Å². The Morgan fingerprint density at radius 3 is 2.67 bits per heavy atom. The van der Waals surface area contributed by atoms with Gasteiger partial charge in [0.15, 0.2) is 5.69 Å². The molecule has 0 radical (unpaired) electrons. The molecule has 2 aromatic heterocycles. The average Bonchev–Trinajstić information content (AvgIpc) is 3.05. The summed E-state index contributed by atoms with van der Waals surface area (Å²) in [6, 6.07) is 6.47. The number of hydrogen-bond donors (Lipinski definition) is 3. The van der Waals surface area contributed by atoms with E-state index in [9.17, 15) is 4.79 Å². The van der Waals surface area contributed by atoms with Crippen LogP contribution < -0.4 is 10.6 Å². The second-order valence-corrected chi connectivity index (χ2v) is 5.24. The lowest BCUT2D eigenvalue weighted by molar-refractivity contribution is 0.0921. The lowest BCUT2D eigenvalue weighted by Crippen LogP contribution is -2.40. The van der Waals surface area contributed by atoms with Crippen LogP contribution in [-0.2, 0) is 0 Å². The standard InChI is InChI=1S/C14H18N6O/c21-14(12-9-16-20-19-12)18-11-6-4-10(5-7-11)17-13-3-1-2-8-15-13/h1-3,8-11H,4-7H2,(H,15,17)(H,18,21)(H,16,19,20). The summed E-state index contributed by atoms with van der Waals surface area (Å²) in [4.78, 5) is 16.2. The van der Waals surface area contributed by atoms with Gasteiger partial charge < -0.3 is 10.6 Å². The Morgan fingerprint density at radius 2 is 2.00 bits per heavy atom. The third kappa shape index (κ3) is 3.56. The zero-order chi connectivity index (χ0) is 14.5. The van der Waals surface area contributed by atoms with Gasteiger partial charge in [0.05, 0.1) is 6.20 Å². The van der Waals surface area contributed by atoms with Crippen molar-refractivity contribution in [2.75, 3.05) is 5.32 Å². The van der Waals surface area contributed by atoms with Crippen LogP contribution >= 0.6 is 0 Å².